The Balaban J connectivity index is 1.30. The van der Waals surface area contributed by atoms with E-state index in [1.807, 2.05) is 18.2 Å². The van der Waals surface area contributed by atoms with E-state index >= 15 is 0 Å². The highest BCUT2D eigenvalue weighted by molar-refractivity contribution is 5.92. The van der Waals surface area contributed by atoms with Crippen LogP contribution in [0.1, 0.15) is 71.7 Å². The zero-order valence-electron chi connectivity index (χ0n) is 25.7. The SMILES string of the molecule is CCCCOc1nc(N)c(NC)c(N(C=O)Cc2ccc(CN3CCC(c4nnc5n4CCNC5)CC3)cc2C(=O)OC)n1. The Hall–Kier alpha value is -4.30. The van der Waals surface area contributed by atoms with Gasteiger partial charge in [-0.25, -0.2) is 4.79 Å². The lowest BCUT2D eigenvalue weighted by Crippen LogP contribution is -2.34. The summed E-state index contributed by atoms with van der Waals surface area (Å²) in [6, 6.07) is 5.80. The van der Waals surface area contributed by atoms with E-state index in [0.29, 0.717) is 42.3 Å². The molecular formula is C30H42N10O4. The highest BCUT2D eigenvalue weighted by Gasteiger charge is 2.28. The number of carbonyl (C=O) groups excluding carboxylic acids is 2. The number of nitrogen functional groups attached to an aromatic ring is 1. The minimum Gasteiger partial charge on any atom is -0.465 e. The van der Waals surface area contributed by atoms with Crippen LogP contribution in [0.15, 0.2) is 18.2 Å². The molecule has 0 aliphatic carbocycles. The predicted octanol–water partition coefficient (Wildman–Crippen LogP) is 2.30. The number of esters is 1. The monoisotopic (exact) mass is 606 g/mol. The van der Waals surface area contributed by atoms with E-state index in [1.54, 1.807) is 7.05 Å². The van der Waals surface area contributed by atoms with Crippen molar-refractivity contribution in [3.8, 4) is 6.01 Å². The summed E-state index contributed by atoms with van der Waals surface area (Å²) in [6.07, 6.45) is 4.44. The van der Waals surface area contributed by atoms with Crippen LogP contribution in [-0.4, -0.2) is 82.4 Å². The maximum absolute atomic E-state index is 12.9. The molecule has 0 atom stereocenters. The van der Waals surface area contributed by atoms with Crippen LogP contribution >= 0.6 is 0 Å². The zero-order chi connectivity index (χ0) is 31.1. The number of fused-ring (bicyclic) bond motifs is 1. The van der Waals surface area contributed by atoms with Crippen LogP contribution in [0.2, 0.25) is 0 Å². The number of likely N-dealkylation sites (tertiary alicyclic amines) is 1. The number of piperidine rings is 1. The number of hydrogen-bond acceptors (Lipinski definition) is 12. The largest absolute Gasteiger partial charge is 0.465 e. The second-order valence-corrected chi connectivity index (χ2v) is 11.1. The van der Waals surface area contributed by atoms with Gasteiger partial charge in [-0.05, 0) is 49.5 Å². The Morgan fingerprint density at radius 3 is 2.77 bits per heavy atom. The molecule has 44 heavy (non-hydrogen) atoms. The lowest BCUT2D eigenvalue weighted by atomic mass is 9.95. The molecule has 2 aromatic heterocycles. The first-order chi connectivity index (χ1) is 21.4. The van der Waals surface area contributed by atoms with Gasteiger partial charge < -0.3 is 30.4 Å². The van der Waals surface area contributed by atoms with Crippen LogP contribution in [0.5, 0.6) is 6.01 Å². The smallest absolute Gasteiger partial charge is 0.338 e. The van der Waals surface area contributed by atoms with Crippen molar-refractivity contribution in [2.75, 3.05) is 56.3 Å². The summed E-state index contributed by atoms with van der Waals surface area (Å²) < 4.78 is 13.1. The maximum Gasteiger partial charge on any atom is 0.338 e. The van der Waals surface area contributed by atoms with E-state index in [4.69, 9.17) is 15.2 Å². The summed E-state index contributed by atoms with van der Waals surface area (Å²) in [5.74, 6) is 2.45. The van der Waals surface area contributed by atoms with Crippen molar-refractivity contribution in [1.82, 2.24) is 34.9 Å². The summed E-state index contributed by atoms with van der Waals surface area (Å²) in [5.41, 5.74) is 8.56. The number of nitrogens with one attached hydrogen (secondary N) is 2. The van der Waals surface area contributed by atoms with Gasteiger partial charge >= 0.3 is 12.0 Å². The zero-order valence-corrected chi connectivity index (χ0v) is 25.7. The van der Waals surface area contributed by atoms with Gasteiger partial charge in [0.1, 0.15) is 17.3 Å². The van der Waals surface area contributed by atoms with Crippen LogP contribution in [0.25, 0.3) is 0 Å². The van der Waals surface area contributed by atoms with Crippen molar-refractivity contribution in [3.05, 3.63) is 46.5 Å². The van der Waals surface area contributed by atoms with Gasteiger partial charge in [0, 0.05) is 32.6 Å². The third-order valence-corrected chi connectivity index (χ3v) is 8.21. The van der Waals surface area contributed by atoms with Gasteiger partial charge in [-0.2, -0.15) is 9.97 Å². The molecule has 2 aliphatic heterocycles. The predicted molar refractivity (Wildman–Crippen MR) is 165 cm³/mol. The molecule has 14 heteroatoms. The lowest BCUT2D eigenvalue weighted by molar-refractivity contribution is -0.107. The van der Waals surface area contributed by atoms with Crippen LogP contribution in [0.3, 0.4) is 0 Å². The van der Waals surface area contributed by atoms with Gasteiger partial charge in [-0.1, -0.05) is 25.5 Å². The van der Waals surface area contributed by atoms with Crippen molar-refractivity contribution in [2.24, 2.45) is 0 Å². The van der Waals surface area contributed by atoms with E-state index in [1.165, 1.54) is 12.0 Å². The molecule has 0 spiro atoms. The molecule has 4 heterocycles. The number of hydrogen-bond donors (Lipinski definition) is 3. The summed E-state index contributed by atoms with van der Waals surface area (Å²) in [5, 5.41) is 15.2. The second kappa shape index (κ2) is 14.4. The number of amides is 1. The van der Waals surface area contributed by atoms with Gasteiger partial charge in [0.05, 0.1) is 32.4 Å². The normalized spacial score (nSPS) is 15.4. The standard InChI is InChI=1S/C30H42N10O4/c1-4-5-14-44-30-34-26(31)25(32-2)28(35-30)39(19-41)18-22-7-6-20(15-23(22)29(42)43-3)17-38-11-8-21(9-12-38)27-37-36-24-16-33-10-13-40(24)27/h6-7,15,19,21,32-33H,4-5,8-14,16-18H2,1-3H3,(H2,31,34,35). The van der Waals surface area contributed by atoms with Crippen molar-refractivity contribution in [3.63, 3.8) is 0 Å². The summed E-state index contributed by atoms with van der Waals surface area (Å²) in [7, 11) is 3.03. The molecule has 1 fully saturated rings. The Morgan fingerprint density at radius 1 is 1.23 bits per heavy atom. The molecule has 0 saturated carbocycles. The summed E-state index contributed by atoms with van der Waals surface area (Å²) in [4.78, 5) is 37.7. The summed E-state index contributed by atoms with van der Waals surface area (Å²) >= 11 is 0. The fourth-order valence-corrected chi connectivity index (χ4v) is 5.79. The van der Waals surface area contributed by atoms with Gasteiger partial charge in [0.2, 0.25) is 6.41 Å². The number of anilines is 3. The molecule has 236 valence electrons. The topological polar surface area (TPSA) is 166 Å². The van der Waals surface area contributed by atoms with E-state index in [2.05, 4.69) is 47.2 Å². The van der Waals surface area contributed by atoms with Gasteiger partial charge in [0.25, 0.3) is 0 Å². The van der Waals surface area contributed by atoms with Crippen LogP contribution in [0, 0.1) is 0 Å². The van der Waals surface area contributed by atoms with Crippen LogP contribution < -0.4 is 26.0 Å². The Morgan fingerprint density at radius 2 is 2.05 bits per heavy atom. The number of methoxy groups -OCH3 is 1. The molecule has 1 aromatic carbocycles. The van der Waals surface area contributed by atoms with Gasteiger partial charge in [-0.15, -0.1) is 10.2 Å². The Bertz CT molecular complexity index is 1450. The molecule has 4 N–H and O–H groups in total. The molecular weight excluding hydrogens is 564 g/mol. The van der Waals surface area contributed by atoms with Crippen molar-refractivity contribution in [2.45, 2.75) is 64.7 Å². The van der Waals surface area contributed by atoms with Crippen molar-refractivity contribution in [1.29, 1.82) is 0 Å². The van der Waals surface area contributed by atoms with Crippen molar-refractivity contribution >= 4 is 29.7 Å². The fourth-order valence-electron chi connectivity index (χ4n) is 5.79. The number of aromatic nitrogens is 5. The average Bonchev–Trinajstić information content (AvgIpc) is 3.48. The third-order valence-electron chi connectivity index (χ3n) is 8.21. The first-order valence-electron chi connectivity index (χ1n) is 15.2. The Labute approximate surface area is 257 Å². The maximum atomic E-state index is 12.9. The molecule has 0 bridgehead atoms. The minimum atomic E-state index is -0.475. The average molecular weight is 607 g/mol. The van der Waals surface area contributed by atoms with Crippen molar-refractivity contribution < 1.29 is 19.1 Å². The van der Waals surface area contributed by atoms with E-state index in [-0.39, 0.29) is 24.2 Å². The first-order valence-corrected chi connectivity index (χ1v) is 15.2. The third kappa shape index (κ3) is 6.91. The molecule has 0 unspecified atom stereocenters. The lowest BCUT2D eigenvalue weighted by Gasteiger charge is -2.32. The molecule has 2 aliphatic rings. The second-order valence-electron chi connectivity index (χ2n) is 11.1. The molecule has 1 amide bonds. The van der Waals surface area contributed by atoms with Crippen LogP contribution in [-0.2, 0) is 35.7 Å². The van der Waals surface area contributed by atoms with Gasteiger partial charge in [-0.3, -0.25) is 14.6 Å². The highest BCUT2D eigenvalue weighted by Crippen LogP contribution is 2.32. The number of unbranched alkanes of at least 4 members (excludes halogenated alkanes) is 1. The summed E-state index contributed by atoms with van der Waals surface area (Å²) in [6.45, 7) is 7.72. The number of nitrogens with two attached hydrogens (primary N) is 1. The molecule has 3 aromatic rings. The molecule has 1 saturated heterocycles. The highest BCUT2D eigenvalue weighted by atomic mass is 16.5. The molecule has 14 nitrogen and oxygen atoms in total. The number of ether oxygens (including phenoxy) is 2. The number of rotatable bonds is 13. The number of carbonyl (C=O) groups is 2. The fraction of sp³-hybridized carbons (Fsp3) is 0.533. The molecule has 5 rings (SSSR count). The van der Waals surface area contributed by atoms with E-state index in [0.717, 1.165) is 75.6 Å². The Kier molecular flexibility index (Phi) is 10.2. The van der Waals surface area contributed by atoms with Crippen LogP contribution in [0.4, 0.5) is 17.3 Å². The minimum absolute atomic E-state index is 0.0668. The van der Waals surface area contributed by atoms with E-state index in [9.17, 15) is 9.59 Å². The number of benzene rings is 1. The first kappa shape index (κ1) is 31.1. The quantitative estimate of drug-likeness (QED) is 0.148. The molecule has 0 radical (unpaired) electrons. The van der Waals surface area contributed by atoms with Gasteiger partial charge in [0.15, 0.2) is 11.6 Å². The number of nitrogens with zero attached hydrogens (tertiary/aromatic N) is 7. The van der Waals surface area contributed by atoms with E-state index < -0.39 is 5.97 Å².